The molecular formula is C16H28OSi. The first kappa shape index (κ1) is 15.5. The van der Waals surface area contributed by atoms with Crippen LogP contribution in [0.15, 0.2) is 30.3 Å². The number of benzene rings is 1. The molecule has 1 aromatic rings. The van der Waals surface area contributed by atoms with Gasteiger partial charge in [0, 0.05) is 0 Å². The molecule has 1 atom stereocenters. The standard InChI is InChI=1S/C16H28OSi/c1-5-6-13-16(17,18(2,3)4)14-12-15-10-8-7-9-11-15/h7-11,17H,5-6,12-14H2,1-4H3. The van der Waals surface area contributed by atoms with Gasteiger partial charge in [0.25, 0.3) is 0 Å². The Kier molecular flexibility index (Phi) is 5.61. The van der Waals surface area contributed by atoms with Crippen molar-refractivity contribution in [3.05, 3.63) is 35.9 Å². The predicted molar refractivity (Wildman–Crippen MR) is 82.6 cm³/mol. The molecule has 0 heterocycles. The Bertz CT molecular complexity index is 342. The van der Waals surface area contributed by atoms with Gasteiger partial charge in [-0.25, -0.2) is 0 Å². The van der Waals surface area contributed by atoms with Crippen LogP contribution >= 0.6 is 0 Å². The minimum atomic E-state index is -1.55. The van der Waals surface area contributed by atoms with Crippen molar-refractivity contribution >= 4 is 8.07 Å². The molecule has 0 amide bonds. The van der Waals surface area contributed by atoms with Crippen LogP contribution in [0.3, 0.4) is 0 Å². The van der Waals surface area contributed by atoms with Crippen LogP contribution < -0.4 is 0 Å². The smallest absolute Gasteiger partial charge is 0.0820 e. The average molecular weight is 264 g/mol. The molecule has 102 valence electrons. The van der Waals surface area contributed by atoms with E-state index in [-0.39, 0.29) is 0 Å². The van der Waals surface area contributed by atoms with E-state index in [2.05, 4.69) is 50.8 Å². The lowest BCUT2D eigenvalue weighted by molar-refractivity contribution is 0.0934. The van der Waals surface area contributed by atoms with E-state index < -0.39 is 13.3 Å². The molecule has 1 unspecified atom stereocenters. The van der Waals surface area contributed by atoms with Crippen molar-refractivity contribution in [3.63, 3.8) is 0 Å². The van der Waals surface area contributed by atoms with Crippen molar-refractivity contribution in [1.82, 2.24) is 0 Å². The first-order valence-electron chi connectivity index (χ1n) is 7.15. The van der Waals surface area contributed by atoms with E-state index in [1.165, 1.54) is 5.56 Å². The monoisotopic (exact) mass is 264 g/mol. The quantitative estimate of drug-likeness (QED) is 0.723. The second-order valence-electron chi connectivity index (χ2n) is 6.37. The van der Waals surface area contributed by atoms with Crippen LogP contribution in [0, 0.1) is 0 Å². The SMILES string of the molecule is CCCCC(O)(CCc1ccccc1)[Si](C)(C)C. The summed E-state index contributed by atoms with van der Waals surface area (Å²) >= 11 is 0. The van der Waals surface area contributed by atoms with Crippen molar-refractivity contribution in [3.8, 4) is 0 Å². The molecule has 18 heavy (non-hydrogen) atoms. The largest absolute Gasteiger partial charge is 0.393 e. The van der Waals surface area contributed by atoms with Crippen LogP contribution in [-0.2, 0) is 6.42 Å². The van der Waals surface area contributed by atoms with Crippen LogP contribution in [0.1, 0.15) is 38.2 Å². The second-order valence-corrected chi connectivity index (χ2v) is 11.8. The highest BCUT2D eigenvalue weighted by Crippen LogP contribution is 2.31. The Balaban J connectivity index is 2.68. The van der Waals surface area contributed by atoms with Crippen molar-refractivity contribution in [2.45, 2.75) is 63.9 Å². The fraction of sp³-hybridized carbons (Fsp3) is 0.625. The number of aliphatic hydroxyl groups is 1. The van der Waals surface area contributed by atoms with Gasteiger partial charge in [0.15, 0.2) is 0 Å². The summed E-state index contributed by atoms with van der Waals surface area (Å²) in [5, 5.41) is 10.6. The minimum absolute atomic E-state index is 0.418. The van der Waals surface area contributed by atoms with Crippen LogP contribution in [0.2, 0.25) is 19.6 Å². The van der Waals surface area contributed by atoms with Crippen LogP contribution in [0.25, 0.3) is 0 Å². The number of hydrogen-bond donors (Lipinski definition) is 1. The number of hydrogen-bond acceptors (Lipinski definition) is 1. The van der Waals surface area contributed by atoms with Gasteiger partial charge < -0.3 is 5.11 Å². The summed E-state index contributed by atoms with van der Waals surface area (Å²) in [6.45, 7) is 9.05. The van der Waals surface area contributed by atoms with E-state index in [9.17, 15) is 5.11 Å². The Morgan fingerprint density at radius 1 is 1.06 bits per heavy atom. The topological polar surface area (TPSA) is 20.2 Å². The third-order valence-corrected chi connectivity index (χ3v) is 7.30. The van der Waals surface area contributed by atoms with Gasteiger partial charge in [-0.2, -0.15) is 0 Å². The number of aryl methyl sites for hydroxylation is 1. The first-order valence-corrected chi connectivity index (χ1v) is 10.7. The highest BCUT2D eigenvalue weighted by molar-refractivity contribution is 6.78. The molecule has 0 aliphatic carbocycles. The molecule has 0 saturated heterocycles. The fourth-order valence-electron chi connectivity index (χ4n) is 2.34. The molecule has 0 saturated carbocycles. The molecule has 0 radical (unpaired) electrons. The molecule has 0 bridgehead atoms. The zero-order valence-corrected chi connectivity index (χ0v) is 13.4. The molecule has 1 aromatic carbocycles. The molecule has 0 aromatic heterocycles. The molecule has 1 nitrogen and oxygen atoms in total. The maximum atomic E-state index is 11.0. The molecule has 0 fully saturated rings. The van der Waals surface area contributed by atoms with E-state index in [1.54, 1.807) is 0 Å². The highest BCUT2D eigenvalue weighted by Gasteiger charge is 2.40. The zero-order chi connectivity index (χ0) is 13.6. The molecule has 0 aliphatic heterocycles. The molecule has 2 heteroatoms. The normalized spacial score (nSPS) is 15.4. The van der Waals surface area contributed by atoms with Gasteiger partial charge in [-0.1, -0.05) is 69.7 Å². The van der Waals surface area contributed by atoms with Gasteiger partial charge in [0.2, 0.25) is 0 Å². The third-order valence-electron chi connectivity index (χ3n) is 4.01. The van der Waals surface area contributed by atoms with Gasteiger partial charge in [-0.15, -0.1) is 0 Å². The molecule has 1 rings (SSSR count). The van der Waals surface area contributed by atoms with Crippen molar-refractivity contribution in [2.75, 3.05) is 0 Å². The average Bonchev–Trinajstić information content (AvgIpc) is 2.34. The minimum Gasteiger partial charge on any atom is -0.393 e. The lowest BCUT2D eigenvalue weighted by atomic mass is 10.0. The van der Waals surface area contributed by atoms with Gasteiger partial charge in [-0.3, -0.25) is 0 Å². The summed E-state index contributed by atoms with van der Waals surface area (Å²) in [6, 6.07) is 10.5. The summed E-state index contributed by atoms with van der Waals surface area (Å²) in [7, 11) is -1.55. The Morgan fingerprint density at radius 3 is 2.17 bits per heavy atom. The van der Waals surface area contributed by atoms with Crippen LogP contribution in [-0.4, -0.2) is 18.4 Å². The van der Waals surface area contributed by atoms with E-state index >= 15 is 0 Å². The Hall–Kier alpha value is -0.603. The summed E-state index contributed by atoms with van der Waals surface area (Å²) < 4.78 is 0. The second kappa shape index (κ2) is 6.53. The summed E-state index contributed by atoms with van der Waals surface area (Å²) in [4.78, 5) is 0. The number of rotatable bonds is 7. The van der Waals surface area contributed by atoms with Crippen LogP contribution in [0.4, 0.5) is 0 Å². The van der Waals surface area contributed by atoms with E-state index in [0.29, 0.717) is 0 Å². The lowest BCUT2D eigenvalue weighted by Crippen LogP contribution is -2.52. The fourth-order valence-corrected chi connectivity index (χ4v) is 4.14. The highest BCUT2D eigenvalue weighted by atomic mass is 28.3. The van der Waals surface area contributed by atoms with Crippen molar-refractivity contribution < 1.29 is 5.11 Å². The van der Waals surface area contributed by atoms with Gasteiger partial charge in [0.1, 0.15) is 0 Å². The van der Waals surface area contributed by atoms with Gasteiger partial charge in [-0.05, 0) is 24.8 Å². The van der Waals surface area contributed by atoms with E-state index in [1.807, 2.05) is 6.07 Å². The summed E-state index contributed by atoms with van der Waals surface area (Å²) in [5.74, 6) is 0. The molecule has 0 aliphatic rings. The van der Waals surface area contributed by atoms with Gasteiger partial charge in [0.05, 0.1) is 13.3 Å². The predicted octanol–water partition coefficient (Wildman–Crippen LogP) is 4.42. The Labute approximate surface area is 113 Å². The third kappa shape index (κ3) is 4.25. The van der Waals surface area contributed by atoms with E-state index in [0.717, 1.165) is 32.1 Å². The maximum Gasteiger partial charge on any atom is 0.0820 e. The Morgan fingerprint density at radius 2 is 1.67 bits per heavy atom. The molecular weight excluding hydrogens is 236 g/mol. The van der Waals surface area contributed by atoms with E-state index in [4.69, 9.17) is 0 Å². The van der Waals surface area contributed by atoms with Crippen LogP contribution in [0.5, 0.6) is 0 Å². The number of unbranched alkanes of at least 4 members (excludes halogenated alkanes) is 1. The molecule has 0 spiro atoms. The van der Waals surface area contributed by atoms with Crippen molar-refractivity contribution in [1.29, 1.82) is 0 Å². The van der Waals surface area contributed by atoms with Crippen molar-refractivity contribution in [2.24, 2.45) is 0 Å². The maximum absolute atomic E-state index is 11.0. The van der Waals surface area contributed by atoms with Gasteiger partial charge >= 0.3 is 0 Å². The summed E-state index contributed by atoms with van der Waals surface area (Å²) in [6.07, 6.45) is 5.16. The summed E-state index contributed by atoms with van der Waals surface area (Å²) in [5.41, 5.74) is 1.34. The zero-order valence-electron chi connectivity index (χ0n) is 12.4. The molecule has 1 N–H and O–H groups in total. The first-order chi connectivity index (χ1) is 8.39. The lowest BCUT2D eigenvalue weighted by Gasteiger charge is -2.39.